The molecule has 2 heterocycles. The highest BCUT2D eigenvalue weighted by Gasteiger charge is 2.24. The lowest BCUT2D eigenvalue weighted by molar-refractivity contribution is -0.117. The standard InChI is InChI=1S/C22H28N6O2/c1-3-23-22(24-11-10-20(29)28-19-9-8-15(2)13-25-19)26-14-16-12-21(30)27-18-7-5-4-6-17(16)18/h4-9,13,16H,3,10-12,14H2,1-2H3,(H,27,30)(H2,23,24,26)(H,25,28,29). The Morgan fingerprint density at radius 3 is 2.83 bits per heavy atom. The highest BCUT2D eigenvalue weighted by molar-refractivity contribution is 5.95. The second-order valence-corrected chi connectivity index (χ2v) is 7.20. The summed E-state index contributed by atoms with van der Waals surface area (Å²) in [5.74, 6) is 1.09. The van der Waals surface area contributed by atoms with Crippen molar-refractivity contribution in [3.05, 3.63) is 53.7 Å². The van der Waals surface area contributed by atoms with Gasteiger partial charge in [-0.2, -0.15) is 0 Å². The van der Waals surface area contributed by atoms with Crippen molar-refractivity contribution in [3.8, 4) is 0 Å². The van der Waals surface area contributed by atoms with Crippen molar-refractivity contribution in [1.29, 1.82) is 0 Å². The van der Waals surface area contributed by atoms with E-state index in [1.807, 2.05) is 44.2 Å². The molecule has 3 rings (SSSR count). The van der Waals surface area contributed by atoms with Gasteiger partial charge >= 0.3 is 0 Å². The third-order valence-corrected chi connectivity index (χ3v) is 4.74. The average molecular weight is 409 g/mol. The Morgan fingerprint density at radius 1 is 1.23 bits per heavy atom. The Bertz CT molecular complexity index is 910. The van der Waals surface area contributed by atoms with E-state index in [4.69, 9.17) is 0 Å². The molecular weight excluding hydrogens is 380 g/mol. The third kappa shape index (κ3) is 6.04. The Balaban J connectivity index is 1.53. The van der Waals surface area contributed by atoms with Gasteiger partial charge in [-0.3, -0.25) is 14.6 Å². The number of rotatable bonds is 7. The second-order valence-electron chi connectivity index (χ2n) is 7.20. The predicted octanol–water partition coefficient (Wildman–Crippen LogP) is 2.40. The molecule has 1 aliphatic rings. The Kier molecular flexibility index (Phi) is 7.37. The van der Waals surface area contributed by atoms with Crippen LogP contribution in [0.1, 0.15) is 36.8 Å². The summed E-state index contributed by atoms with van der Waals surface area (Å²) in [4.78, 5) is 32.9. The van der Waals surface area contributed by atoms with Crippen LogP contribution in [0.4, 0.5) is 11.5 Å². The number of hydrogen-bond acceptors (Lipinski definition) is 4. The molecule has 1 aromatic heterocycles. The second kappa shape index (κ2) is 10.4. The summed E-state index contributed by atoms with van der Waals surface area (Å²) in [5.41, 5.74) is 2.99. The van der Waals surface area contributed by atoms with Crippen LogP contribution in [0, 0.1) is 6.92 Å². The van der Waals surface area contributed by atoms with E-state index < -0.39 is 0 Å². The summed E-state index contributed by atoms with van der Waals surface area (Å²) in [6.07, 6.45) is 2.41. The van der Waals surface area contributed by atoms with Crippen molar-refractivity contribution < 1.29 is 9.59 Å². The van der Waals surface area contributed by atoms with Gasteiger partial charge in [0, 0.05) is 43.7 Å². The first-order valence-electron chi connectivity index (χ1n) is 10.2. The van der Waals surface area contributed by atoms with Gasteiger partial charge in [0.05, 0.1) is 6.54 Å². The van der Waals surface area contributed by atoms with E-state index in [9.17, 15) is 9.59 Å². The molecule has 0 saturated carbocycles. The molecule has 0 bridgehead atoms. The fourth-order valence-corrected chi connectivity index (χ4v) is 3.25. The minimum absolute atomic E-state index is 0.00764. The van der Waals surface area contributed by atoms with Gasteiger partial charge in [-0.05, 0) is 37.1 Å². The number of fused-ring (bicyclic) bond motifs is 1. The zero-order valence-electron chi connectivity index (χ0n) is 17.4. The molecule has 2 amide bonds. The summed E-state index contributed by atoms with van der Waals surface area (Å²) in [5, 5.41) is 12.0. The van der Waals surface area contributed by atoms with Gasteiger partial charge in [-0.25, -0.2) is 4.98 Å². The molecule has 0 fully saturated rings. The minimum Gasteiger partial charge on any atom is -0.357 e. The van der Waals surface area contributed by atoms with Crippen molar-refractivity contribution in [2.45, 2.75) is 32.6 Å². The van der Waals surface area contributed by atoms with Crippen LogP contribution in [0.5, 0.6) is 0 Å². The van der Waals surface area contributed by atoms with Crippen LogP contribution in [0.2, 0.25) is 0 Å². The van der Waals surface area contributed by atoms with Gasteiger partial charge in [0.1, 0.15) is 5.82 Å². The monoisotopic (exact) mass is 408 g/mol. The number of amides is 2. The van der Waals surface area contributed by atoms with Crippen LogP contribution < -0.4 is 21.3 Å². The highest BCUT2D eigenvalue weighted by Crippen LogP contribution is 2.31. The maximum atomic E-state index is 12.1. The molecule has 2 aromatic rings. The molecule has 1 atom stereocenters. The molecule has 30 heavy (non-hydrogen) atoms. The van der Waals surface area contributed by atoms with Crippen molar-refractivity contribution in [2.24, 2.45) is 4.99 Å². The number of carbonyl (C=O) groups excluding carboxylic acids is 2. The van der Waals surface area contributed by atoms with E-state index in [2.05, 4.69) is 31.2 Å². The van der Waals surface area contributed by atoms with E-state index in [-0.39, 0.29) is 24.2 Å². The maximum Gasteiger partial charge on any atom is 0.227 e. The lowest BCUT2D eigenvalue weighted by Gasteiger charge is -2.24. The van der Waals surface area contributed by atoms with Crippen molar-refractivity contribution >= 4 is 29.3 Å². The minimum atomic E-state index is -0.118. The van der Waals surface area contributed by atoms with Gasteiger partial charge in [0.15, 0.2) is 5.96 Å². The number of hydrogen-bond donors (Lipinski definition) is 4. The Hall–Kier alpha value is -3.42. The van der Waals surface area contributed by atoms with E-state index >= 15 is 0 Å². The van der Waals surface area contributed by atoms with E-state index in [1.54, 1.807) is 12.3 Å². The number of carbonyl (C=O) groups is 2. The number of aromatic nitrogens is 1. The molecule has 1 aliphatic heterocycles. The quantitative estimate of drug-likeness (QED) is 0.416. The molecule has 1 aromatic carbocycles. The molecule has 158 valence electrons. The number of nitrogens with one attached hydrogen (secondary N) is 4. The van der Waals surface area contributed by atoms with Crippen LogP contribution in [-0.2, 0) is 9.59 Å². The number of nitrogens with zero attached hydrogens (tertiary/aromatic N) is 2. The van der Waals surface area contributed by atoms with Crippen molar-refractivity contribution in [1.82, 2.24) is 15.6 Å². The molecule has 1 unspecified atom stereocenters. The molecule has 8 nitrogen and oxygen atoms in total. The zero-order valence-corrected chi connectivity index (χ0v) is 17.4. The third-order valence-electron chi connectivity index (χ3n) is 4.74. The van der Waals surface area contributed by atoms with Crippen LogP contribution in [-0.4, -0.2) is 42.4 Å². The first kappa shape index (κ1) is 21.3. The molecule has 4 N–H and O–H groups in total. The average Bonchev–Trinajstić information content (AvgIpc) is 2.73. The van der Waals surface area contributed by atoms with Gasteiger partial charge in [0.25, 0.3) is 0 Å². The summed E-state index contributed by atoms with van der Waals surface area (Å²) in [6, 6.07) is 11.5. The molecule has 0 radical (unpaired) electrons. The first-order valence-corrected chi connectivity index (χ1v) is 10.2. The lowest BCUT2D eigenvalue weighted by Crippen LogP contribution is -2.39. The Labute approximate surface area is 176 Å². The molecule has 0 spiro atoms. The maximum absolute atomic E-state index is 12.1. The molecule has 8 heteroatoms. The van der Waals surface area contributed by atoms with Crippen LogP contribution >= 0.6 is 0 Å². The summed E-state index contributed by atoms with van der Waals surface area (Å²) < 4.78 is 0. The predicted molar refractivity (Wildman–Crippen MR) is 119 cm³/mol. The summed E-state index contributed by atoms with van der Waals surface area (Å²) in [7, 11) is 0. The number of aryl methyl sites for hydroxylation is 1. The van der Waals surface area contributed by atoms with Crippen LogP contribution in [0.3, 0.4) is 0 Å². The number of para-hydroxylation sites is 1. The van der Waals surface area contributed by atoms with E-state index in [1.165, 1.54) is 0 Å². The van der Waals surface area contributed by atoms with Gasteiger partial charge < -0.3 is 21.3 Å². The largest absolute Gasteiger partial charge is 0.357 e. The molecule has 0 saturated heterocycles. The number of guanidine groups is 1. The topological polar surface area (TPSA) is 108 Å². The molecular formula is C22H28N6O2. The summed E-state index contributed by atoms with van der Waals surface area (Å²) in [6.45, 7) is 5.55. The highest BCUT2D eigenvalue weighted by atomic mass is 16.2. The lowest BCUT2D eigenvalue weighted by atomic mass is 9.91. The number of aliphatic imine (C=N–C) groups is 1. The zero-order chi connectivity index (χ0) is 21.3. The Morgan fingerprint density at radius 2 is 2.07 bits per heavy atom. The number of anilines is 2. The fourth-order valence-electron chi connectivity index (χ4n) is 3.25. The molecule has 0 aliphatic carbocycles. The van der Waals surface area contributed by atoms with Crippen molar-refractivity contribution in [3.63, 3.8) is 0 Å². The number of pyridine rings is 1. The SMILES string of the molecule is CCNC(=NCC1CC(=O)Nc2ccccc21)NCCC(=O)Nc1ccc(C)cn1. The normalized spacial score (nSPS) is 15.7. The number of benzene rings is 1. The van der Waals surface area contributed by atoms with Crippen molar-refractivity contribution in [2.75, 3.05) is 30.3 Å². The smallest absolute Gasteiger partial charge is 0.227 e. The van der Waals surface area contributed by atoms with Crippen LogP contribution in [0.25, 0.3) is 0 Å². The van der Waals surface area contributed by atoms with Gasteiger partial charge in [-0.15, -0.1) is 0 Å². The first-order chi connectivity index (χ1) is 14.5. The van der Waals surface area contributed by atoms with Crippen LogP contribution in [0.15, 0.2) is 47.6 Å². The fraction of sp³-hybridized carbons (Fsp3) is 0.364. The van der Waals surface area contributed by atoms with E-state index in [0.717, 1.165) is 16.8 Å². The summed E-state index contributed by atoms with van der Waals surface area (Å²) >= 11 is 0. The van der Waals surface area contributed by atoms with Gasteiger partial charge in [0.2, 0.25) is 11.8 Å². The van der Waals surface area contributed by atoms with E-state index in [0.29, 0.717) is 37.8 Å². The van der Waals surface area contributed by atoms with Gasteiger partial charge in [-0.1, -0.05) is 24.3 Å².